The zero-order valence-electron chi connectivity index (χ0n) is 8.93. The van der Waals surface area contributed by atoms with Gasteiger partial charge in [-0.1, -0.05) is 30.3 Å². The first kappa shape index (κ1) is 11.6. The largest absolute Gasteiger partial charge is 0.460 e. The van der Waals surface area contributed by atoms with Gasteiger partial charge in [-0.05, 0) is 18.4 Å². The molecule has 1 heterocycles. The Bertz CT molecular complexity index is 355. The van der Waals surface area contributed by atoms with Gasteiger partial charge in [-0.3, -0.25) is 4.79 Å². The van der Waals surface area contributed by atoms with Gasteiger partial charge in [0.05, 0.1) is 0 Å². The Balaban J connectivity index is 1.84. The first-order valence-electron chi connectivity index (χ1n) is 5.40. The second kappa shape index (κ2) is 5.46. The third-order valence-electron chi connectivity index (χ3n) is 2.68. The maximum absolute atomic E-state index is 11.7. The lowest BCUT2D eigenvalue weighted by Crippen LogP contribution is -2.30. The predicted molar refractivity (Wildman–Crippen MR) is 64.9 cm³/mol. The van der Waals surface area contributed by atoms with Crippen LogP contribution in [-0.2, 0) is 16.1 Å². The normalized spacial score (nSPS) is 20.9. The Morgan fingerprint density at radius 2 is 2.19 bits per heavy atom. The molecule has 2 rings (SSSR count). The minimum atomic E-state index is -0.141. The topological polar surface area (TPSA) is 29.5 Å². The number of carbonyl (C=O) groups excluding carboxylic acids is 1. The van der Waals surface area contributed by atoms with Crippen molar-refractivity contribution < 1.29 is 9.53 Å². The summed E-state index contributed by atoms with van der Waals surface area (Å²) in [7, 11) is 0. The average molecular weight is 284 g/mol. The van der Waals surface area contributed by atoms with E-state index in [0.717, 1.165) is 24.9 Å². The Morgan fingerprint density at radius 1 is 1.44 bits per heavy atom. The molecule has 86 valence electrons. The van der Waals surface area contributed by atoms with Crippen molar-refractivity contribution in [2.45, 2.75) is 25.5 Å². The molecule has 1 aromatic carbocycles. The first-order chi connectivity index (χ1) is 7.77. The van der Waals surface area contributed by atoms with E-state index in [1.807, 2.05) is 34.3 Å². The van der Waals surface area contributed by atoms with Gasteiger partial charge in [0.25, 0.3) is 0 Å². The zero-order chi connectivity index (χ0) is 11.4. The molecule has 0 aromatic heterocycles. The lowest BCUT2D eigenvalue weighted by Gasteiger charge is -2.15. The minimum Gasteiger partial charge on any atom is -0.460 e. The molecule has 0 saturated carbocycles. The Hall–Kier alpha value is -0.870. The summed E-state index contributed by atoms with van der Waals surface area (Å²) in [5.74, 6) is -0.141. The van der Waals surface area contributed by atoms with Gasteiger partial charge in [0.2, 0.25) is 0 Å². The highest BCUT2D eigenvalue weighted by atomic mass is 79.9. The fourth-order valence-corrected chi connectivity index (χ4v) is 2.41. The number of halogens is 1. The van der Waals surface area contributed by atoms with Gasteiger partial charge in [-0.15, -0.1) is 0 Å². The standard InChI is InChI=1S/C12H14BrNO2/c13-14-8-4-7-11(14)12(15)16-9-10-5-2-1-3-6-10/h1-3,5-6,11H,4,7-9H2. The van der Waals surface area contributed by atoms with Gasteiger partial charge in [-0.25, -0.2) is 3.93 Å². The van der Waals surface area contributed by atoms with Crippen molar-refractivity contribution >= 4 is 22.1 Å². The summed E-state index contributed by atoms with van der Waals surface area (Å²) in [4.78, 5) is 11.7. The van der Waals surface area contributed by atoms with Crippen molar-refractivity contribution in [1.82, 2.24) is 3.93 Å². The summed E-state index contributed by atoms with van der Waals surface area (Å²) in [6, 6.07) is 9.61. The van der Waals surface area contributed by atoms with Crippen LogP contribution in [0.1, 0.15) is 18.4 Å². The third-order valence-corrected chi connectivity index (χ3v) is 3.53. The lowest BCUT2D eigenvalue weighted by molar-refractivity contribution is -0.148. The van der Waals surface area contributed by atoms with Crippen LogP contribution in [-0.4, -0.2) is 22.5 Å². The summed E-state index contributed by atoms with van der Waals surface area (Å²) < 4.78 is 7.15. The smallest absolute Gasteiger partial charge is 0.324 e. The predicted octanol–water partition coefficient (Wildman–Crippen LogP) is 2.50. The lowest BCUT2D eigenvalue weighted by atomic mass is 10.2. The molecule has 1 saturated heterocycles. The maximum Gasteiger partial charge on any atom is 0.324 e. The zero-order valence-corrected chi connectivity index (χ0v) is 10.5. The number of esters is 1. The van der Waals surface area contributed by atoms with E-state index in [1.54, 1.807) is 0 Å². The van der Waals surface area contributed by atoms with Crippen LogP contribution in [0.15, 0.2) is 30.3 Å². The average Bonchev–Trinajstić information content (AvgIpc) is 2.74. The highest BCUT2D eigenvalue weighted by molar-refractivity contribution is 9.07. The highest BCUT2D eigenvalue weighted by Crippen LogP contribution is 2.21. The van der Waals surface area contributed by atoms with Crippen molar-refractivity contribution in [1.29, 1.82) is 0 Å². The highest BCUT2D eigenvalue weighted by Gasteiger charge is 2.30. The summed E-state index contributed by atoms with van der Waals surface area (Å²) >= 11 is 3.36. The van der Waals surface area contributed by atoms with Gasteiger partial charge in [0.1, 0.15) is 12.6 Å². The van der Waals surface area contributed by atoms with E-state index in [0.29, 0.717) is 6.61 Å². The molecule has 1 aliphatic rings. The number of benzene rings is 1. The van der Waals surface area contributed by atoms with E-state index in [-0.39, 0.29) is 12.0 Å². The van der Waals surface area contributed by atoms with Gasteiger partial charge >= 0.3 is 5.97 Å². The molecule has 1 aromatic rings. The second-order valence-corrected chi connectivity index (χ2v) is 4.79. The fraction of sp³-hybridized carbons (Fsp3) is 0.417. The van der Waals surface area contributed by atoms with Crippen LogP contribution < -0.4 is 0 Å². The van der Waals surface area contributed by atoms with E-state index in [2.05, 4.69) is 16.1 Å². The molecule has 0 radical (unpaired) electrons. The first-order valence-corrected chi connectivity index (χ1v) is 6.11. The van der Waals surface area contributed by atoms with Crippen LogP contribution in [0.5, 0.6) is 0 Å². The van der Waals surface area contributed by atoms with E-state index < -0.39 is 0 Å². The Kier molecular flexibility index (Phi) is 3.96. The summed E-state index contributed by atoms with van der Waals surface area (Å²) in [6.45, 7) is 1.27. The number of hydrogen-bond acceptors (Lipinski definition) is 3. The molecule has 0 amide bonds. The van der Waals surface area contributed by atoms with Crippen LogP contribution in [0.4, 0.5) is 0 Å². The molecule has 1 atom stereocenters. The van der Waals surface area contributed by atoms with Crippen LogP contribution in [0.2, 0.25) is 0 Å². The van der Waals surface area contributed by atoms with Gasteiger partial charge in [0, 0.05) is 22.7 Å². The van der Waals surface area contributed by atoms with E-state index in [1.165, 1.54) is 0 Å². The summed E-state index contributed by atoms with van der Waals surface area (Å²) in [5.41, 5.74) is 1.02. The molecule has 4 heteroatoms. The SMILES string of the molecule is O=C(OCc1ccccc1)C1CCCN1Br. The second-order valence-electron chi connectivity index (χ2n) is 3.87. The van der Waals surface area contributed by atoms with Crippen molar-refractivity contribution in [3.8, 4) is 0 Å². The molecular weight excluding hydrogens is 270 g/mol. The molecular formula is C12H14BrNO2. The van der Waals surface area contributed by atoms with Crippen LogP contribution in [0, 0.1) is 0 Å². The van der Waals surface area contributed by atoms with Crippen LogP contribution in [0.3, 0.4) is 0 Å². The molecule has 1 fully saturated rings. The van der Waals surface area contributed by atoms with Gasteiger partial charge < -0.3 is 4.74 Å². The number of nitrogens with zero attached hydrogens (tertiary/aromatic N) is 1. The monoisotopic (exact) mass is 283 g/mol. The van der Waals surface area contributed by atoms with Gasteiger partial charge in [-0.2, -0.15) is 0 Å². The molecule has 0 bridgehead atoms. The Morgan fingerprint density at radius 3 is 2.81 bits per heavy atom. The molecule has 0 N–H and O–H groups in total. The third kappa shape index (κ3) is 2.83. The summed E-state index contributed by atoms with van der Waals surface area (Å²) in [5, 5.41) is 0. The molecule has 1 unspecified atom stereocenters. The van der Waals surface area contributed by atoms with Crippen LogP contribution in [0.25, 0.3) is 0 Å². The quantitative estimate of drug-likeness (QED) is 0.631. The number of ether oxygens (including phenoxy) is 1. The Labute approximate surface area is 104 Å². The van der Waals surface area contributed by atoms with Crippen molar-refractivity contribution in [3.63, 3.8) is 0 Å². The molecule has 1 aliphatic heterocycles. The van der Waals surface area contributed by atoms with Crippen molar-refractivity contribution in [2.75, 3.05) is 6.54 Å². The minimum absolute atomic E-state index is 0.122. The fourth-order valence-electron chi connectivity index (χ4n) is 1.79. The summed E-state index contributed by atoms with van der Waals surface area (Å²) in [6.07, 6.45) is 1.91. The maximum atomic E-state index is 11.7. The van der Waals surface area contributed by atoms with Gasteiger partial charge in [0.15, 0.2) is 0 Å². The molecule has 0 aliphatic carbocycles. The van der Waals surface area contributed by atoms with E-state index in [9.17, 15) is 4.79 Å². The number of carbonyl (C=O) groups is 1. The van der Waals surface area contributed by atoms with E-state index >= 15 is 0 Å². The van der Waals surface area contributed by atoms with Crippen LogP contribution >= 0.6 is 16.1 Å². The van der Waals surface area contributed by atoms with Crippen molar-refractivity contribution in [3.05, 3.63) is 35.9 Å². The van der Waals surface area contributed by atoms with E-state index in [4.69, 9.17) is 4.74 Å². The molecule has 3 nitrogen and oxygen atoms in total. The number of rotatable bonds is 3. The van der Waals surface area contributed by atoms with Crippen molar-refractivity contribution in [2.24, 2.45) is 0 Å². The molecule has 0 spiro atoms. The molecule has 16 heavy (non-hydrogen) atoms. The number of hydrogen-bond donors (Lipinski definition) is 0.